The van der Waals surface area contributed by atoms with Crippen LogP contribution in [0.25, 0.3) is 0 Å². The fourth-order valence-corrected chi connectivity index (χ4v) is 2.11. The Balaban J connectivity index is 1.95. The minimum absolute atomic E-state index is 0.117. The van der Waals surface area contributed by atoms with Crippen LogP contribution < -0.4 is 11.1 Å². The second-order valence-corrected chi connectivity index (χ2v) is 5.63. The lowest BCUT2D eigenvalue weighted by molar-refractivity contribution is -0.119. The number of halogens is 1. The maximum Gasteiger partial charge on any atom is 0.248 e. The van der Waals surface area contributed by atoms with E-state index >= 15 is 0 Å². The highest BCUT2D eigenvalue weighted by molar-refractivity contribution is 9.10. The molecule has 6 nitrogen and oxygen atoms in total. The number of nitrogens with one attached hydrogen (secondary N) is 1. The molecule has 0 spiro atoms. The van der Waals surface area contributed by atoms with Crippen LogP contribution >= 0.6 is 15.9 Å². The third-order valence-electron chi connectivity index (χ3n) is 2.95. The van der Waals surface area contributed by atoms with Crippen LogP contribution in [0.15, 0.2) is 41.1 Å². The number of primary amides is 1. The molecule has 2 aromatic rings. The molecule has 0 fully saturated rings. The van der Waals surface area contributed by atoms with E-state index in [4.69, 9.17) is 5.73 Å². The Bertz CT molecular complexity index is 651. The molecule has 0 saturated heterocycles. The van der Waals surface area contributed by atoms with Gasteiger partial charge in [0.1, 0.15) is 0 Å². The normalized spacial score (nSPS) is 11.9. The summed E-state index contributed by atoms with van der Waals surface area (Å²) in [6.45, 7) is 2.31. The molecule has 2 amide bonds. The van der Waals surface area contributed by atoms with Gasteiger partial charge in [-0.15, -0.1) is 0 Å². The number of benzene rings is 1. The van der Waals surface area contributed by atoms with Gasteiger partial charge in [-0.25, -0.2) is 0 Å². The smallest absolute Gasteiger partial charge is 0.248 e. The predicted molar refractivity (Wildman–Crippen MR) is 82.7 cm³/mol. The zero-order valence-corrected chi connectivity index (χ0v) is 13.0. The number of nitrogens with zero attached hydrogens (tertiary/aromatic N) is 2. The number of carbonyl (C=O) groups is 2. The van der Waals surface area contributed by atoms with Gasteiger partial charge in [0.25, 0.3) is 0 Å². The molecule has 0 radical (unpaired) electrons. The van der Waals surface area contributed by atoms with Crippen molar-refractivity contribution in [3.8, 4) is 0 Å². The van der Waals surface area contributed by atoms with Gasteiger partial charge in [-0.1, -0.05) is 6.92 Å². The topological polar surface area (TPSA) is 90.0 Å². The maximum absolute atomic E-state index is 12.1. The highest BCUT2D eigenvalue weighted by Crippen LogP contribution is 2.13. The summed E-state index contributed by atoms with van der Waals surface area (Å²) < 4.78 is 2.57. The molecular weight excluding hydrogens is 336 g/mol. The van der Waals surface area contributed by atoms with Gasteiger partial charge in [0, 0.05) is 17.4 Å². The molecule has 1 aromatic carbocycles. The van der Waals surface area contributed by atoms with Gasteiger partial charge in [-0.3, -0.25) is 14.3 Å². The summed E-state index contributed by atoms with van der Waals surface area (Å²) in [5.74, 6) is -0.855. The van der Waals surface area contributed by atoms with E-state index in [1.165, 1.54) is 0 Å². The van der Waals surface area contributed by atoms with E-state index in [0.29, 0.717) is 17.8 Å². The monoisotopic (exact) mass is 350 g/mol. The van der Waals surface area contributed by atoms with Crippen LogP contribution in [-0.4, -0.2) is 21.6 Å². The first kappa shape index (κ1) is 15.2. The fourth-order valence-electron chi connectivity index (χ4n) is 1.78. The molecule has 1 atom stereocenters. The van der Waals surface area contributed by atoms with Crippen LogP contribution in [0.4, 0.5) is 5.69 Å². The summed E-state index contributed by atoms with van der Waals surface area (Å²) in [5.41, 5.74) is 6.19. The van der Waals surface area contributed by atoms with Gasteiger partial charge in [0.15, 0.2) is 0 Å². The highest BCUT2D eigenvalue weighted by atomic mass is 79.9. The summed E-state index contributed by atoms with van der Waals surface area (Å²) in [7, 11) is 0. The molecule has 0 aliphatic rings. The van der Waals surface area contributed by atoms with E-state index in [2.05, 4.69) is 26.3 Å². The van der Waals surface area contributed by atoms with E-state index in [1.807, 2.05) is 13.1 Å². The van der Waals surface area contributed by atoms with Crippen molar-refractivity contribution in [1.29, 1.82) is 0 Å². The minimum atomic E-state index is -0.495. The van der Waals surface area contributed by atoms with Gasteiger partial charge >= 0.3 is 0 Å². The summed E-state index contributed by atoms with van der Waals surface area (Å²) in [6.07, 6.45) is 3.48. The van der Waals surface area contributed by atoms with E-state index < -0.39 is 5.91 Å². The summed E-state index contributed by atoms with van der Waals surface area (Å²) in [4.78, 5) is 23.1. The van der Waals surface area contributed by atoms with Crippen LogP contribution in [0.5, 0.6) is 0 Å². The molecule has 0 bridgehead atoms. The van der Waals surface area contributed by atoms with Crippen LogP contribution in [-0.2, 0) is 11.3 Å². The number of hydrogen-bond donors (Lipinski definition) is 2. The quantitative estimate of drug-likeness (QED) is 0.864. The Labute approximate surface area is 130 Å². The van der Waals surface area contributed by atoms with Gasteiger partial charge in [-0.05, 0) is 40.2 Å². The zero-order valence-electron chi connectivity index (χ0n) is 11.4. The second-order valence-electron chi connectivity index (χ2n) is 4.71. The van der Waals surface area contributed by atoms with Crippen molar-refractivity contribution in [3.63, 3.8) is 0 Å². The lowest BCUT2D eigenvalue weighted by Gasteiger charge is -2.12. The van der Waals surface area contributed by atoms with E-state index in [9.17, 15) is 9.59 Å². The minimum Gasteiger partial charge on any atom is -0.366 e. The number of amides is 2. The van der Waals surface area contributed by atoms with Crippen LogP contribution in [0.1, 0.15) is 17.3 Å². The van der Waals surface area contributed by atoms with Gasteiger partial charge in [-0.2, -0.15) is 5.10 Å². The van der Waals surface area contributed by atoms with Gasteiger partial charge < -0.3 is 11.1 Å². The average Bonchev–Trinajstić information content (AvgIpc) is 2.84. The standard InChI is InChI=1S/C14H15BrN4O2/c1-9(7-19-8-11(15)6-17-19)14(21)18-12-4-2-10(3-5-12)13(16)20/h2-6,8-9H,7H2,1H3,(H2,16,20)(H,18,21). The first-order chi connectivity index (χ1) is 9.95. The van der Waals surface area contributed by atoms with E-state index in [0.717, 1.165) is 4.47 Å². The van der Waals surface area contributed by atoms with Crippen LogP contribution in [0.2, 0.25) is 0 Å². The lowest BCUT2D eigenvalue weighted by Crippen LogP contribution is -2.24. The number of hydrogen-bond acceptors (Lipinski definition) is 3. The fraction of sp³-hybridized carbons (Fsp3) is 0.214. The molecule has 110 valence electrons. The summed E-state index contributed by atoms with van der Waals surface area (Å²) in [5, 5.41) is 6.91. The molecule has 3 N–H and O–H groups in total. The molecule has 1 heterocycles. The van der Waals surface area contributed by atoms with Crippen LogP contribution in [0, 0.1) is 5.92 Å². The van der Waals surface area contributed by atoms with E-state index in [1.54, 1.807) is 35.1 Å². The third-order valence-corrected chi connectivity index (χ3v) is 3.36. The van der Waals surface area contributed by atoms with Crippen molar-refractivity contribution in [2.75, 3.05) is 5.32 Å². The third kappa shape index (κ3) is 4.16. The largest absolute Gasteiger partial charge is 0.366 e. The maximum atomic E-state index is 12.1. The van der Waals surface area contributed by atoms with Crippen molar-refractivity contribution in [2.45, 2.75) is 13.5 Å². The average molecular weight is 351 g/mol. The number of carbonyl (C=O) groups excluding carboxylic acids is 2. The first-order valence-electron chi connectivity index (χ1n) is 6.34. The zero-order chi connectivity index (χ0) is 15.4. The summed E-state index contributed by atoms with van der Waals surface area (Å²) >= 11 is 3.31. The van der Waals surface area contributed by atoms with Crippen molar-refractivity contribution < 1.29 is 9.59 Å². The molecule has 1 unspecified atom stereocenters. The number of anilines is 1. The second kappa shape index (κ2) is 6.53. The van der Waals surface area contributed by atoms with Crippen molar-refractivity contribution in [3.05, 3.63) is 46.7 Å². The molecule has 0 aliphatic heterocycles. The van der Waals surface area contributed by atoms with Crippen molar-refractivity contribution in [2.24, 2.45) is 11.7 Å². The molecule has 7 heteroatoms. The molecule has 21 heavy (non-hydrogen) atoms. The first-order valence-corrected chi connectivity index (χ1v) is 7.13. The molecular formula is C14H15BrN4O2. The SMILES string of the molecule is CC(Cn1cc(Br)cn1)C(=O)Nc1ccc(C(N)=O)cc1. The molecule has 1 aromatic heterocycles. The van der Waals surface area contributed by atoms with Crippen molar-refractivity contribution in [1.82, 2.24) is 9.78 Å². The Morgan fingerprint density at radius 3 is 2.57 bits per heavy atom. The van der Waals surface area contributed by atoms with Gasteiger partial charge in [0.05, 0.1) is 23.1 Å². The Hall–Kier alpha value is -2.15. The highest BCUT2D eigenvalue weighted by Gasteiger charge is 2.14. The van der Waals surface area contributed by atoms with Crippen LogP contribution in [0.3, 0.4) is 0 Å². The lowest BCUT2D eigenvalue weighted by atomic mass is 10.1. The Morgan fingerprint density at radius 1 is 1.38 bits per heavy atom. The molecule has 0 saturated carbocycles. The molecule has 2 rings (SSSR count). The number of rotatable bonds is 5. The number of nitrogens with two attached hydrogens (primary N) is 1. The Kier molecular flexibility index (Phi) is 4.74. The van der Waals surface area contributed by atoms with Crippen molar-refractivity contribution >= 4 is 33.4 Å². The predicted octanol–water partition coefficient (Wildman–Crippen LogP) is 2.02. The molecule has 0 aliphatic carbocycles. The van der Waals surface area contributed by atoms with E-state index in [-0.39, 0.29) is 11.8 Å². The van der Waals surface area contributed by atoms with Gasteiger partial charge in [0.2, 0.25) is 11.8 Å². The number of aromatic nitrogens is 2. The summed E-state index contributed by atoms with van der Waals surface area (Å²) in [6, 6.07) is 6.45. The Morgan fingerprint density at radius 2 is 2.05 bits per heavy atom.